The molecular formula is C16H26FNO4S. The lowest BCUT2D eigenvalue weighted by atomic mass is 10.00. The molecule has 132 valence electrons. The summed E-state index contributed by atoms with van der Waals surface area (Å²) in [5.74, 6) is -0.296. The number of methoxy groups -OCH3 is 2. The molecule has 0 amide bonds. The molecule has 0 fully saturated rings. The molecule has 0 spiro atoms. The Morgan fingerprint density at radius 1 is 1.17 bits per heavy atom. The molecule has 7 heteroatoms. The number of nitrogens with one attached hydrogen (secondary N) is 1. The first-order valence-corrected chi connectivity index (χ1v) is 9.29. The van der Waals surface area contributed by atoms with Gasteiger partial charge in [-0.05, 0) is 12.3 Å². The van der Waals surface area contributed by atoms with Crippen LogP contribution in [0.2, 0.25) is 0 Å². The van der Waals surface area contributed by atoms with Gasteiger partial charge in [-0.15, -0.1) is 0 Å². The van der Waals surface area contributed by atoms with Crippen LogP contribution in [-0.4, -0.2) is 29.2 Å². The molecule has 0 saturated carbocycles. The molecule has 1 aromatic carbocycles. The zero-order valence-electron chi connectivity index (χ0n) is 14.2. The second kappa shape index (κ2) is 9.08. The Kier molecular flexibility index (Phi) is 7.78. The fourth-order valence-corrected chi connectivity index (χ4v) is 3.48. The van der Waals surface area contributed by atoms with Gasteiger partial charge in [-0.2, -0.15) is 0 Å². The van der Waals surface area contributed by atoms with Gasteiger partial charge in [0.15, 0.2) is 11.5 Å². The molecule has 1 unspecified atom stereocenters. The number of rotatable bonds is 10. The van der Waals surface area contributed by atoms with Gasteiger partial charge in [0.1, 0.15) is 10.7 Å². The van der Waals surface area contributed by atoms with Crippen LogP contribution in [0.3, 0.4) is 0 Å². The second-order valence-electron chi connectivity index (χ2n) is 5.41. The maximum absolute atomic E-state index is 14.1. The van der Waals surface area contributed by atoms with Gasteiger partial charge in [-0.3, -0.25) is 0 Å². The number of hydrogen-bond donors (Lipinski definition) is 1. The fraction of sp³-hybridized carbons (Fsp3) is 0.625. The van der Waals surface area contributed by atoms with Crippen LogP contribution in [0.15, 0.2) is 17.0 Å². The average molecular weight is 347 g/mol. The van der Waals surface area contributed by atoms with Gasteiger partial charge in [-0.25, -0.2) is 17.5 Å². The van der Waals surface area contributed by atoms with E-state index in [0.29, 0.717) is 6.54 Å². The topological polar surface area (TPSA) is 64.6 Å². The lowest BCUT2D eigenvalue weighted by Gasteiger charge is -2.16. The lowest BCUT2D eigenvalue weighted by Crippen LogP contribution is -2.30. The summed E-state index contributed by atoms with van der Waals surface area (Å²) in [4.78, 5) is -0.430. The predicted molar refractivity (Wildman–Crippen MR) is 88.0 cm³/mol. The van der Waals surface area contributed by atoms with Crippen LogP contribution >= 0.6 is 0 Å². The highest BCUT2D eigenvalue weighted by molar-refractivity contribution is 7.89. The van der Waals surface area contributed by atoms with Crippen molar-refractivity contribution in [2.45, 2.75) is 44.4 Å². The molecule has 0 heterocycles. The summed E-state index contributed by atoms with van der Waals surface area (Å²) in [5.41, 5.74) is 0. The Morgan fingerprint density at radius 2 is 1.78 bits per heavy atom. The van der Waals surface area contributed by atoms with Crippen molar-refractivity contribution >= 4 is 10.0 Å². The van der Waals surface area contributed by atoms with Gasteiger partial charge in [-0.1, -0.05) is 33.1 Å². The Hall–Kier alpha value is -1.34. The second-order valence-corrected chi connectivity index (χ2v) is 7.14. The summed E-state index contributed by atoms with van der Waals surface area (Å²) < 4.78 is 51.3. The molecule has 23 heavy (non-hydrogen) atoms. The summed E-state index contributed by atoms with van der Waals surface area (Å²) in [5, 5.41) is 0. The minimum absolute atomic E-state index is 0.151. The van der Waals surface area contributed by atoms with Crippen LogP contribution in [0.5, 0.6) is 11.5 Å². The van der Waals surface area contributed by atoms with E-state index in [4.69, 9.17) is 9.47 Å². The van der Waals surface area contributed by atoms with Gasteiger partial charge < -0.3 is 9.47 Å². The molecule has 0 radical (unpaired) electrons. The Bertz CT molecular complexity index is 604. The molecule has 0 aliphatic rings. The SMILES string of the molecule is CCCCC(CC)CNS(=O)(=O)c1cc(OC)c(OC)cc1F. The maximum atomic E-state index is 14.1. The van der Waals surface area contributed by atoms with Crippen molar-refractivity contribution in [3.63, 3.8) is 0 Å². The maximum Gasteiger partial charge on any atom is 0.243 e. The van der Waals surface area contributed by atoms with E-state index in [-0.39, 0.29) is 17.4 Å². The molecule has 1 atom stereocenters. The summed E-state index contributed by atoms with van der Waals surface area (Å²) in [7, 11) is -1.20. The Morgan fingerprint density at radius 3 is 2.30 bits per heavy atom. The van der Waals surface area contributed by atoms with Crippen molar-refractivity contribution in [2.24, 2.45) is 5.92 Å². The highest BCUT2D eigenvalue weighted by atomic mass is 32.2. The van der Waals surface area contributed by atoms with Crippen molar-refractivity contribution in [3.05, 3.63) is 17.9 Å². The third-order valence-corrected chi connectivity index (χ3v) is 5.27. The minimum atomic E-state index is -3.94. The van der Waals surface area contributed by atoms with Crippen molar-refractivity contribution < 1.29 is 22.3 Å². The smallest absolute Gasteiger partial charge is 0.243 e. The lowest BCUT2D eigenvalue weighted by molar-refractivity contribution is 0.350. The van der Waals surface area contributed by atoms with Gasteiger partial charge >= 0.3 is 0 Å². The molecule has 5 nitrogen and oxygen atoms in total. The minimum Gasteiger partial charge on any atom is -0.493 e. The first-order valence-electron chi connectivity index (χ1n) is 7.80. The van der Waals surface area contributed by atoms with Crippen LogP contribution < -0.4 is 14.2 Å². The van der Waals surface area contributed by atoms with E-state index in [2.05, 4.69) is 11.6 Å². The quantitative estimate of drug-likeness (QED) is 0.705. The zero-order chi connectivity index (χ0) is 17.5. The van der Waals surface area contributed by atoms with Gasteiger partial charge in [0.25, 0.3) is 0 Å². The van der Waals surface area contributed by atoms with Gasteiger partial charge in [0, 0.05) is 18.7 Å². The number of halogens is 1. The van der Waals surface area contributed by atoms with E-state index in [1.54, 1.807) is 0 Å². The number of unbranched alkanes of at least 4 members (excludes halogenated alkanes) is 1. The number of hydrogen-bond acceptors (Lipinski definition) is 4. The van der Waals surface area contributed by atoms with E-state index >= 15 is 0 Å². The molecular weight excluding hydrogens is 321 g/mol. The van der Waals surface area contributed by atoms with Crippen LogP contribution in [0.1, 0.15) is 39.5 Å². The number of benzene rings is 1. The summed E-state index contributed by atoms with van der Waals surface area (Å²) in [6, 6.07) is 2.16. The largest absolute Gasteiger partial charge is 0.493 e. The van der Waals surface area contributed by atoms with Gasteiger partial charge in [0.2, 0.25) is 10.0 Å². The van der Waals surface area contributed by atoms with Crippen LogP contribution in [0, 0.1) is 11.7 Å². The molecule has 0 saturated heterocycles. The average Bonchev–Trinajstić information content (AvgIpc) is 2.54. The molecule has 1 N–H and O–H groups in total. The zero-order valence-corrected chi connectivity index (χ0v) is 15.0. The van der Waals surface area contributed by atoms with Crippen LogP contribution in [0.4, 0.5) is 4.39 Å². The molecule has 0 bridgehead atoms. The summed E-state index contributed by atoms with van der Waals surface area (Å²) >= 11 is 0. The highest BCUT2D eigenvalue weighted by Gasteiger charge is 2.23. The van der Waals surface area contributed by atoms with E-state index in [1.165, 1.54) is 14.2 Å². The van der Waals surface area contributed by atoms with E-state index in [1.807, 2.05) is 6.92 Å². The van der Waals surface area contributed by atoms with Crippen molar-refractivity contribution in [3.8, 4) is 11.5 Å². The summed E-state index contributed by atoms with van der Waals surface area (Å²) in [6.45, 7) is 4.41. The third kappa shape index (κ3) is 5.35. The van der Waals surface area contributed by atoms with Crippen LogP contribution in [0.25, 0.3) is 0 Å². The first-order chi connectivity index (χ1) is 10.9. The van der Waals surface area contributed by atoms with E-state index in [9.17, 15) is 12.8 Å². The highest BCUT2D eigenvalue weighted by Crippen LogP contribution is 2.31. The molecule has 0 aliphatic heterocycles. The molecule has 1 rings (SSSR count). The monoisotopic (exact) mass is 347 g/mol. The molecule has 1 aromatic rings. The summed E-state index contributed by atoms with van der Waals surface area (Å²) in [6.07, 6.45) is 3.93. The first kappa shape index (κ1) is 19.7. The Labute approximate surface area is 138 Å². The van der Waals surface area contributed by atoms with Crippen LogP contribution in [-0.2, 0) is 10.0 Å². The molecule has 0 aromatic heterocycles. The van der Waals surface area contributed by atoms with E-state index < -0.39 is 20.7 Å². The van der Waals surface area contributed by atoms with Crippen molar-refractivity contribution in [2.75, 3.05) is 20.8 Å². The van der Waals surface area contributed by atoms with Gasteiger partial charge in [0.05, 0.1) is 14.2 Å². The normalized spacial score (nSPS) is 12.9. The number of sulfonamides is 1. The van der Waals surface area contributed by atoms with E-state index in [0.717, 1.165) is 37.8 Å². The number of ether oxygens (including phenoxy) is 2. The standard InChI is InChI=1S/C16H26FNO4S/c1-5-7-8-12(6-2)11-18-23(19,20)16-10-15(22-4)14(21-3)9-13(16)17/h9-10,12,18H,5-8,11H2,1-4H3. The fourth-order valence-electron chi connectivity index (χ4n) is 2.29. The predicted octanol–water partition coefficient (Wildman–Crippen LogP) is 3.34. The van der Waals surface area contributed by atoms with Crippen molar-refractivity contribution in [1.29, 1.82) is 0 Å². The third-order valence-electron chi connectivity index (χ3n) is 3.83. The van der Waals surface area contributed by atoms with Crippen molar-refractivity contribution in [1.82, 2.24) is 4.72 Å². The molecule has 0 aliphatic carbocycles. The Balaban J connectivity index is 2.95.